The summed E-state index contributed by atoms with van der Waals surface area (Å²) in [5.41, 5.74) is 0. The molecule has 0 aromatic carbocycles. The van der Waals surface area contributed by atoms with Gasteiger partial charge in [0.2, 0.25) is 15.9 Å². The highest BCUT2D eigenvalue weighted by Crippen LogP contribution is 2.28. The lowest BCUT2D eigenvalue weighted by atomic mass is 9.85. The third kappa shape index (κ3) is 7.66. The van der Waals surface area contributed by atoms with Gasteiger partial charge in [-0.15, -0.1) is 0 Å². The molecule has 21 heavy (non-hydrogen) atoms. The van der Waals surface area contributed by atoms with E-state index in [1.165, 1.54) is 6.42 Å². The van der Waals surface area contributed by atoms with Crippen LogP contribution in [0.25, 0.3) is 0 Å². The van der Waals surface area contributed by atoms with Crippen LogP contribution in [0.2, 0.25) is 0 Å². The van der Waals surface area contributed by atoms with Crippen molar-refractivity contribution in [2.75, 3.05) is 12.8 Å². The van der Waals surface area contributed by atoms with E-state index < -0.39 is 16.1 Å². The lowest BCUT2D eigenvalue weighted by Gasteiger charge is -2.24. The van der Waals surface area contributed by atoms with E-state index >= 15 is 0 Å². The first-order chi connectivity index (χ1) is 9.92. The minimum absolute atomic E-state index is 0.0744. The van der Waals surface area contributed by atoms with Crippen LogP contribution in [0.1, 0.15) is 38.5 Å². The summed E-state index contributed by atoms with van der Waals surface area (Å²) in [4.78, 5) is 16.0. The highest BCUT2D eigenvalue weighted by atomic mass is 32.2. The lowest BCUT2D eigenvalue weighted by Crippen LogP contribution is -2.36. The number of amides is 1. The van der Waals surface area contributed by atoms with Crippen molar-refractivity contribution in [2.24, 2.45) is 10.9 Å². The summed E-state index contributed by atoms with van der Waals surface area (Å²) in [6, 6.07) is 1.19. The Morgan fingerprint density at radius 3 is 2.67 bits per heavy atom. The molecule has 2 N–H and O–H groups in total. The average Bonchev–Trinajstić information content (AvgIpc) is 2.43. The number of carbonyl (C=O) groups excluding carboxylic acids is 1. The zero-order valence-corrected chi connectivity index (χ0v) is 13.0. The predicted molar refractivity (Wildman–Crippen MR) is 80.1 cm³/mol. The first kappa shape index (κ1) is 17.4. The second kappa shape index (κ2) is 8.62. The van der Waals surface area contributed by atoms with Gasteiger partial charge in [0.25, 0.3) is 0 Å². The molecule has 0 aliphatic heterocycles. The predicted octanol–water partition coefficient (Wildman–Crippen LogP) is 0.543. The van der Waals surface area contributed by atoms with Gasteiger partial charge < -0.3 is 5.32 Å². The van der Waals surface area contributed by atoms with E-state index in [0.29, 0.717) is 12.3 Å². The molecule has 1 rings (SSSR count). The zero-order valence-electron chi connectivity index (χ0n) is 12.2. The number of nitrogens with zero attached hydrogens (tertiary/aromatic N) is 2. The molecule has 0 heterocycles. The molecule has 1 aliphatic rings. The molecule has 0 bridgehead atoms. The van der Waals surface area contributed by atoms with Crippen LogP contribution in [0.15, 0.2) is 4.99 Å². The van der Waals surface area contributed by atoms with E-state index in [1.807, 2.05) is 6.07 Å². The molecular formula is C13H22N4O3S. The second-order valence-corrected chi connectivity index (χ2v) is 7.08. The summed E-state index contributed by atoms with van der Waals surface area (Å²) >= 11 is 0. The molecule has 8 heteroatoms. The second-order valence-electron chi connectivity index (χ2n) is 5.30. The molecule has 1 fully saturated rings. The van der Waals surface area contributed by atoms with Gasteiger partial charge in [-0.05, 0) is 12.3 Å². The molecule has 0 radical (unpaired) electrons. The van der Waals surface area contributed by atoms with Crippen molar-refractivity contribution < 1.29 is 13.2 Å². The number of nitrogens with one attached hydrogen (secondary N) is 2. The summed E-state index contributed by atoms with van der Waals surface area (Å²) in [6.45, 7) is -0.0744. The van der Waals surface area contributed by atoms with Gasteiger partial charge >= 0.3 is 0 Å². The summed E-state index contributed by atoms with van der Waals surface area (Å²) in [5, 5.41) is 11.0. The van der Waals surface area contributed by atoms with Crippen molar-refractivity contribution in [1.82, 2.24) is 10.0 Å². The van der Waals surface area contributed by atoms with Crippen LogP contribution in [-0.2, 0) is 14.8 Å². The quantitative estimate of drug-likeness (QED) is 0.406. The molecule has 1 saturated carbocycles. The van der Waals surface area contributed by atoms with E-state index in [9.17, 15) is 13.2 Å². The fraction of sp³-hybridized carbons (Fsp3) is 0.769. The lowest BCUT2D eigenvalue weighted by molar-refractivity contribution is -0.122. The number of hydrogen-bond acceptors (Lipinski definition) is 5. The number of sulfonamides is 1. The van der Waals surface area contributed by atoms with Crippen molar-refractivity contribution >= 4 is 22.3 Å². The third-order valence-corrected chi connectivity index (χ3v) is 3.98. The van der Waals surface area contributed by atoms with Gasteiger partial charge in [-0.2, -0.15) is 5.26 Å². The van der Waals surface area contributed by atoms with Gasteiger partial charge in [-0.3, -0.25) is 14.5 Å². The Bertz CT molecular complexity index is 504. The number of carbonyl (C=O) groups is 1. The third-order valence-electron chi connectivity index (χ3n) is 3.45. The first-order valence-corrected chi connectivity index (χ1v) is 8.95. The molecule has 0 aromatic heterocycles. The Kier molecular flexibility index (Phi) is 7.15. The van der Waals surface area contributed by atoms with E-state index in [-0.39, 0.29) is 12.5 Å². The van der Waals surface area contributed by atoms with Crippen molar-refractivity contribution in [3.8, 4) is 6.07 Å². The standard InChI is InChI=1S/C13H22N4O3S/c1-21(19,20)17-10-16-12(13(18)15-8-7-14)9-11-5-3-2-4-6-11/h10-12H,2-6,8-9H2,1H3,(H,15,18)(H,16,17)/t12-/m0/s1. The summed E-state index contributed by atoms with van der Waals surface area (Å²) in [5.74, 6) is 0.0839. The normalized spacial score (nSPS) is 18.1. The van der Waals surface area contributed by atoms with Crippen molar-refractivity contribution in [3.63, 3.8) is 0 Å². The molecule has 1 atom stereocenters. The highest BCUT2D eigenvalue weighted by molar-refractivity contribution is 7.89. The molecule has 0 spiro atoms. The summed E-state index contributed by atoms with van der Waals surface area (Å²) in [6.07, 6.45) is 8.32. The fourth-order valence-electron chi connectivity index (χ4n) is 2.43. The largest absolute Gasteiger partial charge is 0.341 e. The van der Waals surface area contributed by atoms with Crippen LogP contribution >= 0.6 is 0 Å². The Labute approximate surface area is 125 Å². The Balaban J connectivity index is 2.64. The molecule has 0 aromatic rings. The van der Waals surface area contributed by atoms with Crippen molar-refractivity contribution in [2.45, 2.75) is 44.6 Å². The Morgan fingerprint density at radius 1 is 1.43 bits per heavy atom. The SMILES string of the molecule is CS(=O)(=O)NC=N[C@@H](CC1CCCCC1)C(=O)NCC#N. The monoisotopic (exact) mass is 314 g/mol. The minimum Gasteiger partial charge on any atom is -0.341 e. The van der Waals surface area contributed by atoms with Crippen LogP contribution in [0.4, 0.5) is 0 Å². The molecule has 118 valence electrons. The Hall–Kier alpha value is -1.62. The van der Waals surface area contributed by atoms with E-state index in [2.05, 4.69) is 15.0 Å². The molecule has 7 nitrogen and oxygen atoms in total. The zero-order chi connectivity index (χ0) is 15.7. The van der Waals surface area contributed by atoms with Gasteiger partial charge in [-0.25, -0.2) is 8.42 Å². The minimum atomic E-state index is -3.38. The maximum absolute atomic E-state index is 12.0. The number of nitriles is 1. The molecule has 0 saturated heterocycles. The van der Waals surface area contributed by atoms with Gasteiger partial charge in [0.1, 0.15) is 12.6 Å². The van der Waals surface area contributed by atoms with Gasteiger partial charge in [0, 0.05) is 0 Å². The summed E-state index contributed by atoms with van der Waals surface area (Å²) < 4.78 is 24.1. The fourth-order valence-corrected chi connectivity index (χ4v) is 2.69. The average molecular weight is 314 g/mol. The molecule has 1 aliphatic carbocycles. The van der Waals surface area contributed by atoms with Gasteiger partial charge in [0.15, 0.2) is 0 Å². The highest BCUT2D eigenvalue weighted by Gasteiger charge is 2.23. The van der Waals surface area contributed by atoms with Crippen molar-refractivity contribution in [1.29, 1.82) is 5.26 Å². The number of hydrogen-bond donors (Lipinski definition) is 2. The maximum Gasteiger partial charge on any atom is 0.245 e. The van der Waals surface area contributed by atoms with E-state index in [4.69, 9.17) is 5.26 Å². The number of rotatable bonds is 7. The maximum atomic E-state index is 12.0. The Morgan fingerprint density at radius 2 is 2.10 bits per heavy atom. The van der Waals surface area contributed by atoms with E-state index in [1.54, 1.807) is 0 Å². The van der Waals surface area contributed by atoms with Crippen LogP contribution in [0, 0.1) is 17.2 Å². The van der Waals surface area contributed by atoms with Crippen LogP contribution < -0.4 is 10.0 Å². The van der Waals surface area contributed by atoms with Crippen molar-refractivity contribution in [3.05, 3.63) is 0 Å². The summed E-state index contributed by atoms with van der Waals surface area (Å²) in [7, 11) is -3.38. The van der Waals surface area contributed by atoms with Crippen LogP contribution in [0.3, 0.4) is 0 Å². The van der Waals surface area contributed by atoms with Gasteiger partial charge in [0.05, 0.1) is 18.7 Å². The molecule has 0 unspecified atom stereocenters. The molecule has 1 amide bonds. The number of aliphatic imine (C=N–C) groups is 1. The van der Waals surface area contributed by atoms with E-state index in [0.717, 1.165) is 38.3 Å². The topological polar surface area (TPSA) is 111 Å². The van der Waals surface area contributed by atoms with Crippen LogP contribution in [0.5, 0.6) is 0 Å². The smallest absolute Gasteiger partial charge is 0.245 e. The first-order valence-electron chi connectivity index (χ1n) is 7.06. The molecular weight excluding hydrogens is 292 g/mol. The van der Waals surface area contributed by atoms with Gasteiger partial charge in [-0.1, -0.05) is 32.1 Å². The van der Waals surface area contributed by atoms with Crippen LogP contribution in [-0.4, -0.2) is 39.5 Å².